The summed E-state index contributed by atoms with van der Waals surface area (Å²) in [6.07, 6.45) is 6.33. The standard InChI is InChI=1S/C47H41ClN10O7/c48-36-22-31(65-30-6-2-1-3-7-30)10-12-33(36)41(60)35-24-50-42-40(35)43(52-26-51-42)53-28-5-4-16-57(25-28)45(62)27-8-14-38(49-23-27)56-19-17-55(18-20-56)29-9-11-32-34(21-29)47(64)58(46(32)63)37-13-15-39(59)54-44(37)61/h1-3,6-12,14,21-24,26,28,37H,4-5,13,15-20,25H2,(H,54,59,61)(H2,50,51,52,53)/t28-,37?/m1/s1. The van der Waals surface area contributed by atoms with Gasteiger partial charge in [0.05, 0.1) is 32.7 Å². The smallest absolute Gasteiger partial charge is 0.262 e. The molecule has 3 fully saturated rings. The number of piperidine rings is 2. The zero-order valence-corrected chi connectivity index (χ0v) is 35.6. The Morgan fingerprint density at radius 3 is 2.35 bits per heavy atom. The number of benzene rings is 3. The van der Waals surface area contributed by atoms with Gasteiger partial charge in [-0.15, -0.1) is 0 Å². The van der Waals surface area contributed by atoms with E-state index in [1.54, 1.807) is 59.8 Å². The molecule has 5 amide bonds. The van der Waals surface area contributed by atoms with Crippen molar-refractivity contribution in [3.63, 3.8) is 0 Å². The first-order chi connectivity index (χ1) is 31.6. The number of likely N-dealkylation sites (tertiary alicyclic amines) is 1. The molecule has 328 valence electrons. The third-order valence-electron chi connectivity index (χ3n) is 12.3. The third kappa shape index (κ3) is 7.99. The van der Waals surface area contributed by atoms with Crippen molar-refractivity contribution in [2.24, 2.45) is 0 Å². The molecule has 65 heavy (non-hydrogen) atoms. The zero-order chi connectivity index (χ0) is 44.8. The molecule has 0 spiro atoms. The second-order valence-electron chi connectivity index (χ2n) is 16.3. The van der Waals surface area contributed by atoms with Crippen LogP contribution in [0, 0.1) is 0 Å². The van der Waals surface area contributed by atoms with Crippen molar-refractivity contribution in [2.75, 3.05) is 54.4 Å². The Kier molecular flexibility index (Phi) is 10.9. The Labute approximate surface area is 376 Å². The molecule has 4 aliphatic heterocycles. The number of imide groups is 2. The number of aromatic nitrogens is 4. The highest BCUT2D eigenvalue weighted by Crippen LogP contribution is 2.34. The maximum Gasteiger partial charge on any atom is 0.262 e. The van der Waals surface area contributed by atoms with Gasteiger partial charge in [-0.2, -0.15) is 0 Å². The summed E-state index contributed by atoms with van der Waals surface area (Å²) in [7, 11) is 0. The van der Waals surface area contributed by atoms with Gasteiger partial charge in [0.15, 0.2) is 5.78 Å². The summed E-state index contributed by atoms with van der Waals surface area (Å²) >= 11 is 6.64. The number of para-hydroxylation sites is 1. The molecule has 3 saturated heterocycles. The molecule has 7 heterocycles. The molecule has 3 N–H and O–H groups in total. The van der Waals surface area contributed by atoms with Gasteiger partial charge < -0.3 is 29.7 Å². The van der Waals surface area contributed by atoms with E-state index in [-0.39, 0.29) is 46.7 Å². The lowest BCUT2D eigenvalue weighted by Gasteiger charge is -2.37. The highest BCUT2D eigenvalue weighted by Gasteiger charge is 2.45. The van der Waals surface area contributed by atoms with Crippen LogP contribution in [0.3, 0.4) is 0 Å². The summed E-state index contributed by atoms with van der Waals surface area (Å²) in [5.74, 6) is -0.230. The Morgan fingerprint density at radius 2 is 1.58 bits per heavy atom. The van der Waals surface area contributed by atoms with Crippen molar-refractivity contribution >= 4 is 75.3 Å². The molecule has 0 bridgehead atoms. The average molecular weight is 893 g/mol. The monoisotopic (exact) mass is 892 g/mol. The molecule has 2 atom stereocenters. The highest BCUT2D eigenvalue weighted by atomic mass is 35.5. The third-order valence-corrected chi connectivity index (χ3v) is 12.6. The number of nitrogens with one attached hydrogen (secondary N) is 3. The van der Waals surface area contributed by atoms with Gasteiger partial charge in [-0.05, 0) is 73.9 Å². The molecule has 10 rings (SSSR count). The fourth-order valence-corrected chi connectivity index (χ4v) is 9.23. The van der Waals surface area contributed by atoms with E-state index in [2.05, 4.69) is 40.4 Å². The van der Waals surface area contributed by atoms with E-state index in [1.807, 2.05) is 36.4 Å². The van der Waals surface area contributed by atoms with Crippen LogP contribution in [0.25, 0.3) is 11.0 Å². The summed E-state index contributed by atoms with van der Waals surface area (Å²) in [5, 5.41) is 6.48. The number of piperazine rings is 1. The van der Waals surface area contributed by atoms with Gasteiger partial charge in [-0.25, -0.2) is 15.0 Å². The molecular formula is C47H41ClN10O7. The molecule has 4 aliphatic rings. The normalized spacial score (nSPS) is 18.8. The molecular weight excluding hydrogens is 852 g/mol. The number of fused-ring (bicyclic) bond motifs is 2. The topological polar surface area (TPSA) is 203 Å². The molecule has 17 nitrogen and oxygen atoms in total. The van der Waals surface area contributed by atoms with Crippen molar-refractivity contribution in [2.45, 2.75) is 37.8 Å². The fraction of sp³-hybridized carbons (Fsp3) is 0.255. The van der Waals surface area contributed by atoms with Crippen LogP contribution in [-0.4, -0.2) is 116 Å². The van der Waals surface area contributed by atoms with Crippen LogP contribution in [0.1, 0.15) is 72.7 Å². The first-order valence-corrected chi connectivity index (χ1v) is 21.7. The average Bonchev–Trinajstić information content (AvgIpc) is 3.87. The first kappa shape index (κ1) is 41.4. The Bertz CT molecular complexity index is 2900. The number of hydrogen-bond acceptors (Lipinski definition) is 13. The highest BCUT2D eigenvalue weighted by molar-refractivity contribution is 6.36. The van der Waals surface area contributed by atoms with Crippen LogP contribution in [0.5, 0.6) is 11.5 Å². The van der Waals surface area contributed by atoms with Crippen LogP contribution in [0.2, 0.25) is 5.02 Å². The van der Waals surface area contributed by atoms with Gasteiger partial charge in [-0.3, -0.25) is 39.0 Å². The lowest BCUT2D eigenvalue weighted by Crippen LogP contribution is -2.54. The van der Waals surface area contributed by atoms with E-state index in [4.69, 9.17) is 16.3 Å². The van der Waals surface area contributed by atoms with Crippen molar-refractivity contribution in [3.05, 3.63) is 130 Å². The van der Waals surface area contributed by atoms with Crippen molar-refractivity contribution < 1.29 is 33.5 Å². The molecule has 0 aliphatic carbocycles. The second kappa shape index (κ2) is 17.1. The lowest BCUT2D eigenvalue weighted by atomic mass is 10.0. The Morgan fingerprint density at radius 1 is 0.785 bits per heavy atom. The number of aromatic amines is 1. The van der Waals surface area contributed by atoms with Gasteiger partial charge in [0.25, 0.3) is 17.7 Å². The maximum absolute atomic E-state index is 13.9. The van der Waals surface area contributed by atoms with E-state index < -0.39 is 29.7 Å². The number of hydrogen-bond donors (Lipinski definition) is 3. The summed E-state index contributed by atoms with van der Waals surface area (Å²) in [6, 6.07) is 21.8. The van der Waals surface area contributed by atoms with Crippen LogP contribution < -0.4 is 25.2 Å². The predicted octanol–water partition coefficient (Wildman–Crippen LogP) is 5.47. The number of nitrogens with zero attached hydrogens (tertiary/aromatic N) is 7. The Hall–Kier alpha value is -7.66. The zero-order valence-electron chi connectivity index (χ0n) is 34.8. The minimum absolute atomic E-state index is 0.0583. The SMILES string of the molecule is O=C1CCC(N2C(=O)c3ccc(N4CCN(c5ccc(C(=O)N6CCC[C@@H](Nc7ncnc8[nH]cc(C(=O)c9ccc(Oc%10ccccc%10)cc9Cl)c78)C6)cn5)CC4)cc3C2=O)C(=O)N1. The number of H-pyrrole nitrogens is 1. The van der Waals surface area contributed by atoms with E-state index in [1.165, 1.54) is 6.33 Å². The molecule has 0 saturated carbocycles. The number of pyridine rings is 1. The van der Waals surface area contributed by atoms with Crippen LogP contribution >= 0.6 is 11.6 Å². The fourth-order valence-electron chi connectivity index (χ4n) is 8.97. The van der Waals surface area contributed by atoms with Crippen LogP contribution in [0.15, 0.2) is 97.6 Å². The summed E-state index contributed by atoms with van der Waals surface area (Å²) < 4.78 is 5.90. The van der Waals surface area contributed by atoms with E-state index >= 15 is 0 Å². The van der Waals surface area contributed by atoms with Gasteiger partial charge in [0, 0.05) is 81.4 Å². The number of carbonyl (C=O) groups excluding carboxylic acids is 6. The number of anilines is 3. The van der Waals surface area contributed by atoms with Gasteiger partial charge in [0.2, 0.25) is 11.8 Å². The number of rotatable bonds is 10. The van der Waals surface area contributed by atoms with Gasteiger partial charge in [-0.1, -0.05) is 29.8 Å². The second-order valence-corrected chi connectivity index (χ2v) is 16.7. The van der Waals surface area contributed by atoms with E-state index in [9.17, 15) is 28.8 Å². The molecule has 3 aromatic heterocycles. The van der Waals surface area contributed by atoms with Gasteiger partial charge in [0.1, 0.15) is 41.2 Å². The van der Waals surface area contributed by atoms with Crippen molar-refractivity contribution in [1.82, 2.24) is 35.1 Å². The minimum atomic E-state index is -1.02. The number of ketones is 1. The maximum atomic E-state index is 13.9. The molecule has 6 aromatic rings. The molecule has 3 aromatic carbocycles. The number of ether oxygens (including phenoxy) is 1. The van der Waals surface area contributed by atoms with Crippen molar-refractivity contribution in [1.29, 1.82) is 0 Å². The predicted molar refractivity (Wildman–Crippen MR) is 240 cm³/mol. The molecule has 0 radical (unpaired) electrons. The summed E-state index contributed by atoms with van der Waals surface area (Å²) in [5.41, 5.74) is 2.88. The quantitative estimate of drug-likeness (QED) is 0.116. The summed E-state index contributed by atoms with van der Waals surface area (Å²) in [6.45, 7) is 3.47. The molecule has 1 unspecified atom stereocenters. The van der Waals surface area contributed by atoms with E-state index in [0.717, 1.165) is 29.2 Å². The van der Waals surface area contributed by atoms with Gasteiger partial charge >= 0.3 is 0 Å². The van der Waals surface area contributed by atoms with Crippen LogP contribution in [0.4, 0.5) is 17.3 Å². The minimum Gasteiger partial charge on any atom is -0.457 e. The molecule has 18 heteroatoms. The summed E-state index contributed by atoms with van der Waals surface area (Å²) in [4.78, 5) is 102. The lowest BCUT2D eigenvalue weighted by molar-refractivity contribution is -0.136. The first-order valence-electron chi connectivity index (χ1n) is 21.4. The largest absolute Gasteiger partial charge is 0.457 e. The number of carbonyl (C=O) groups is 6. The number of amides is 5. The van der Waals surface area contributed by atoms with Crippen LogP contribution in [-0.2, 0) is 9.59 Å². The van der Waals surface area contributed by atoms with Crippen molar-refractivity contribution in [3.8, 4) is 11.5 Å². The Balaban J connectivity index is 0.758. The van der Waals surface area contributed by atoms with E-state index in [0.29, 0.717) is 84.3 Å². The number of halogens is 1.